The van der Waals surface area contributed by atoms with E-state index in [1.54, 1.807) is 6.20 Å². The number of pyridine rings is 1. The van der Waals surface area contributed by atoms with Gasteiger partial charge in [-0.25, -0.2) is 9.67 Å². The predicted octanol–water partition coefficient (Wildman–Crippen LogP) is 4.23. The van der Waals surface area contributed by atoms with Crippen LogP contribution in [0.5, 0.6) is 0 Å². The van der Waals surface area contributed by atoms with Crippen molar-refractivity contribution in [3.05, 3.63) is 66.5 Å². The van der Waals surface area contributed by atoms with Crippen LogP contribution in [0.25, 0.3) is 17.1 Å². The smallest absolute Gasteiger partial charge is 0.153 e. The zero-order valence-electron chi connectivity index (χ0n) is 12.6. The maximum absolute atomic E-state index is 4.58. The summed E-state index contributed by atoms with van der Waals surface area (Å²) in [6, 6.07) is 16.2. The summed E-state index contributed by atoms with van der Waals surface area (Å²) < 4.78 is 1.93. The summed E-state index contributed by atoms with van der Waals surface area (Å²) >= 11 is 0. The van der Waals surface area contributed by atoms with E-state index in [1.807, 2.05) is 35.1 Å². The van der Waals surface area contributed by atoms with E-state index in [4.69, 9.17) is 0 Å². The molecule has 0 radical (unpaired) electrons. The van der Waals surface area contributed by atoms with Crippen LogP contribution in [-0.4, -0.2) is 14.8 Å². The highest BCUT2D eigenvalue weighted by molar-refractivity contribution is 5.66. The van der Waals surface area contributed by atoms with Gasteiger partial charge in [-0.15, -0.1) is 0 Å². The van der Waals surface area contributed by atoms with Gasteiger partial charge in [0.15, 0.2) is 5.82 Å². The topological polar surface area (TPSA) is 30.7 Å². The Bertz CT molecular complexity index is 722. The van der Waals surface area contributed by atoms with Gasteiger partial charge in [-0.3, -0.25) is 0 Å². The van der Waals surface area contributed by atoms with Crippen molar-refractivity contribution in [1.29, 1.82) is 0 Å². The number of hydrogen-bond donors (Lipinski definition) is 0. The molecule has 106 valence electrons. The predicted molar refractivity (Wildman–Crippen MR) is 85.5 cm³/mol. The highest BCUT2D eigenvalue weighted by atomic mass is 15.3. The van der Waals surface area contributed by atoms with Crippen LogP contribution in [0.1, 0.15) is 26.3 Å². The Labute approximate surface area is 125 Å². The lowest BCUT2D eigenvalue weighted by atomic mass is 9.85. The van der Waals surface area contributed by atoms with Crippen molar-refractivity contribution in [2.75, 3.05) is 0 Å². The molecule has 0 N–H and O–H groups in total. The summed E-state index contributed by atoms with van der Waals surface area (Å²) in [5, 5.41) is 4.58. The van der Waals surface area contributed by atoms with E-state index < -0.39 is 0 Å². The standard InChI is InChI=1S/C18H19N3/c1-18(2,3)15-13-20-21(16-11-7-8-12-19-16)17(15)14-9-5-4-6-10-14/h4-13H,1-3H3. The first-order valence-corrected chi connectivity index (χ1v) is 7.13. The molecule has 2 aromatic heterocycles. The Morgan fingerprint density at radius 3 is 2.24 bits per heavy atom. The van der Waals surface area contributed by atoms with E-state index in [0.29, 0.717) is 0 Å². The fourth-order valence-corrected chi connectivity index (χ4v) is 2.42. The summed E-state index contributed by atoms with van der Waals surface area (Å²) in [4.78, 5) is 4.43. The third-order valence-corrected chi connectivity index (χ3v) is 3.49. The van der Waals surface area contributed by atoms with Gasteiger partial charge in [0.2, 0.25) is 0 Å². The molecule has 0 aliphatic carbocycles. The van der Waals surface area contributed by atoms with Crippen molar-refractivity contribution < 1.29 is 0 Å². The Hall–Kier alpha value is -2.42. The minimum atomic E-state index is 0.0260. The van der Waals surface area contributed by atoms with Crippen LogP contribution < -0.4 is 0 Å². The van der Waals surface area contributed by atoms with E-state index >= 15 is 0 Å². The van der Waals surface area contributed by atoms with Gasteiger partial charge < -0.3 is 0 Å². The van der Waals surface area contributed by atoms with E-state index in [2.05, 4.69) is 55.1 Å². The summed E-state index contributed by atoms with van der Waals surface area (Å²) in [6.45, 7) is 6.62. The van der Waals surface area contributed by atoms with Crippen LogP contribution in [-0.2, 0) is 5.41 Å². The first kappa shape index (κ1) is 13.6. The quantitative estimate of drug-likeness (QED) is 0.701. The lowest BCUT2D eigenvalue weighted by molar-refractivity contribution is 0.592. The van der Waals surface area contributed by atoms with Gasteiger partial charge in [0, 0.05) is 17.3 Å². The summed E-state index contributed by atoms with van der Waals surface area (Å²) in [6.07, 6.45) is 3.75. The van der Waals surface area contributed by atoms with Gasteiger partial charge in [-0.05, 0) is 17.5 Å². The van der Waals surface area contributed by atoms with Crippen LogP contribution in [0.4, 0.5) is 0 Å². The molecule has 0 aliphatic rings. The van der Waals surface area contributed by atoms with Crippen LogP contribution in [0.15, 0.2) is 60.9 Å². The summed E-state index contributed by atoms with van der Waals surface area (Å²) in [5.74, 6) is 0.840. The third-order valence-electron chi connectivity index (χ3n) is 3.49. The van der Waals surface area contributed by atoms with E-state index in [-0.39, 0.29) is 5.41 Å². The minimum Gasteiger partial charge on any atom is -0.237 e. The Morgan fingerprint density at radius 2 is 1.62 bits per heavy atom. The molecular weight excluding hydrogens is 258 g/mol. The maximum atomic E-state index is 4.58. The fourth-order valence-electron chi connectivity index (χ4n) is 2.42. The third kappa shape index (κ3) is 2.59. The number of hydrogen-bond acceptors (Lipinski definition) is 2. The molecule has 0 atom stereocenters. The molecule has 0 aliphatic heterocycles. The molecule has 0 saturated heterocycles. The molecule has 0 saturated carbocycles. The molecule has 0 amide bonds. The van der Waals surface area contributed by atoms with Gasteiger partial charge in [0.05, 0.1) is 11.9 Å². The fraction of sp³-hybridized carbons (Fsp3) is 0.222. The summed E-state index contributed by atoms with van der Waals surface area (Å²) in [5.41, 5.74) is 3.52. The average Bonchev–Trinajstić information content (AvgIpc) is 2.94. The highest BCUT2D eigenvalue weighted by Crippen LogP contribution is 2.33. The normalized spacial score (nSPS) is 11.6. The molecule has 0 unspecified atom stereocenters. The first-order valence-electron chi connectivity index (χ1n) is 7.13. The lowest BCUT2D eigenvalue weighted by Crippen LogP contribution is -2.12. The second-order valence-corrected chi connectivity index (χ2v) is 6.12. The average molecular weight is 277 g/mol. The zero-order valence-corrected chi connectivity index (χ0v) is 12.6. The second kappa shape index (κ2) is 5.17. The van der Waals surface area contributed by atoms with Gasteiger partial charge in [-0.2, -0.15) is 5.10 Å². The molecule has 21 heavy (non-hydrogen) atoms. The van der Waals surface area contributed by atoms with Crippen molar-refractivity contribution in [2.45, 2.75) is 26.2 Å². The van der Waals surface area contributed by atoms with Crippen molar-refractivity contribution in [3.63, 3.8) is 0 Å². The molecule has 2 heterocycles. The maximum Gasteiger partial charge on any atom is 0.153 e. The van der Waals surface area contributed by atoms with Gasteiger partial charge in [0.1, 0.15) is 0 Å². The van der Waals surface area contributed by atoms with Crippen LogP contribution in [0, 0.1) is 0 Å². The molecule has 1 aromatic carbocycles. The Morgan fingerprint density at radius 1 is 0.905 bits per heavy atom. The van der Waals surface area contributed by atoms with E-state index in [1.165, 1.54) is 5.56 Å². The molecular formula is C18H19N3. The molecule has 3 nitrogen and oxygen atoms in total. The van der Waals surface area contributed by atoms with Crippen LogP contribution >= 0.6 is 0 Å². The molecule has 3 heteroatoms. The second-order valence-electron chi connectivity index (χ2n) is 6.12. The monoisotopic (exact) mass is 277 g/mol. The first-order chi connectivity index (χ1) is 10.1. The Kier molecular flexibility index (Phi) is 3.34. The van der Waals surface area contributed by atoms with E-state index in [9.17, 15) is 0 Å². The number of aromatic nitrogens is 3. The molecule has 0 bridgehead atoms. The zero-order chi connectivity index (χ0) is 14.9. The number of rotatable bonds is 2. The Balaban J connectivity index is 2.26. The largest absolute Gasteiger partial charge is 0.237 e. The van der Waals surface area contributed by atoms with Gasteiger partial charge in [0.25, 0.3) is 0 Å². The van der Waals surface area contributed by atoms with E-state index in [0.717, 1.165) is 17.1 Å². The molecule has 3 aromatic rings. The van der Waals surface area contributed by atoms with Crippen molar-refractivity contribution >= 4 is 0 Å². The summed E-state index contributed by atoms with van der Waals surface area (Å²) in [7, 11) is 0. The minimum absolute atomic E-state index is 0.0260. The van der Waals surface area contributed by atoms with Crippen molar-refractivity contribution in [3.8, 4) is 17.1 Å². The van der Waals surface area contributed by atoms with Crippen molar-refractivity contribution in [2.24, 2.45) is 0 Å². The van der Waals surface area contributed by atoms with Gasteiger partial charge in [-0.1, -0.05) is 57.2 Å². The number of benzene rings is 1. The molecule has 0 fully saturated rings. The van der Waals surface area contributed by atoms with Crippen LogP contribution in [0.2, 0.25) is 0 Å². The van der Waals surface area contributed by atoms with Crippen LogP contribution in [0.3, 0.4) is 0 Å². The molecule has 0 spiro atoms. The lowest BCUT2D eigenvalue weighted by Gasteiger charge is -2.20. The highest BCUT2D eigenvalue weighted by Gasteiger charge is 2.24. The number of nitrogens with zero attached hydrogens (tertiary/aromatic N) is 3. The van der Waals surface area contributed by atoms with Crippen molar-refractivity contribution in [1.82, 2.24) is 14.8 Å². The van der Waals surface area contributed by atoms with Gasteiger partial charge >= 0.3 is 0 Å². The molecule has 3 rings (SSSR count). The SMILES string of the molecule is CC(C)(C)c1cnn(-c2ccccn2)c1-c1ccccc1.